The smallest absolute Gasteiger partial charge is 0.320 e. The predicted octanol–water partition coefficient (Wildman–Crippen LogP) is 4.58. The first-order chi connectivity index (χ1) is 8.39. The molecule has 2 aromatic rings. The normalized spacial score (nSPS) is 13.6. The number of nitrogens with two attached hydrogens (primary N) is 1. The van der Waals surface area contributed by atoms with Gasteiger partial charge in [-0.3, -0.25) is 0 Å². The van der Waals surface area contributed by atoms with Gasteiger partial charge >= 0.3 is 6.18 Å². The summed E-state index contributed by atoms with van der Waals surface area (Å²) in [5.41, 5.74) is 6.53. The summed E-state index contributed by atoms with van der Waals surface area (Å²) in [6.45, 7) is 0. The zero-order valence-corrected chi connectivity index (χ0v) is 11.4. The van der Waals surface area contributed by atoms with Crippen molar-refractivity contribution in [1.29, 1.82) is 0 Å². The van der Waals surface area contributed by atoms with E-state index in [1.807, 2.05) is 16.8 Å². The highest BCUT2D eigenvalue weighted by molar-refractivity contribution is 9.10. The molecule has 0 spiro atoms. The molecule has 0 fully saturated rings. The second kappa shape index (κ2) is 5.03. The van der Waals surface area contributed by atoms with Crippen molar-refractivity contribution < 1.29 is 13.2 Å². The maximum Gasteiger partial charge on any atom is 0.416 e. The van der Waals surface area contributed by atoms with Crippen molar-refractivity contribution in [3.63, 3.8) is 0 Å². The molecule has 0 radical (unpaired) electrons. The van der Waals surface area contributed by atoms with Crippen molar-refractivity contribution in [2.24, 2.45) is 5.73 Å². The summed E-state index contributed by atoms with van der Waals surface area (Å²) >= 11 is 4.70. The van der Waals surface area contributed by atoms with Crippen LogP contribution in [0.1, 0.15) is 22.7 Å². The Morgan fingerprint density at radius 1 is 1.22 bits per heavy atom. The molecule has 0 bridgehead atoms. The average Bonchev–Trinajstić information content (AvgIpc) is 2.80. The number of alkyl halides is 3. The van der Waals surface area contributed by atoms with Crippen molar-refractivity contribution in [1.82, 2.24) is 0 Å². The van der Waals surface area contributed by atoms with E-state index in [4.69, 9.17) is 5.73 Å². The zero-order chi connectivity index (χ0) is 13.3. The summed E-state index contributed by atoms with van der Waals surface area (Å²) in [5, 5.41) is 3.67. The molecule has 6 heteroatoms. The fraction of sp³-hybridized carbons (Fsp3) is 0.167. The van der Waals surface area contributed by atoms with E-state index in [1.54, 1.807) is 0 Å². The molecule has 1 atom stereocenters. The van der Waals surface area contributed by atoms with Crippen LogP contribution in [0.3, 0.4) is 0 Å². The number of halogens is 4. The molecule has 0 aliphatic carbocycles. The quantitative estimate of drug-likeness (QED) is 0.854. The summed E-state index contributed by atoms with van der Waals surface area (Å²) in [6, 6.07) is 4.75. The summed E-state index contributed by atoms with van der Waals surface area (Å²) < 4.78 is 38.5. The summed E-state index contributed by atoms with van der Waals surface area (Å²) in [7, 11) is 0. The highest BCUT2D eigenvalue weighted by Gasteiger charge is 2.31. The Labute approximate surface area is 115 Å². The Balaban J connectivity index is 2.44. The van der Waals surface area contributed by atoms with E-state index in [0.29, 0.717) is 10.0 Å². The molecule has 0 saturated carbocycles. The van der Waals surface area contributed by atoms with Crippen LogP contribution < -0.4 is 5.73 Å². The SMILES string of the molecule is NC(c1ccsc1)c1cc(C(F)(F)F)ccc1Br. The highest BCUT2D eigenvalue weighted by Crippen LogP contribution is 2.35. The molecule has 18 heavy (non-hydrogen) atoms. The van der Waals surface area contributed by atoms with Crippen molar-refractivity contribution in [3.8, 4) is 0 Å². The van der Waals surface area contributed by atoms with Crippen molar-refractivity contribution in [3.05, 3.63) is 56.2 Å². The van der Waals surface area contributed by atoms with Crippen LogP contribution in [0.2, 0.25) is 0 Å². The molecular formula is C12H9BrF3NS. The Kier molecular flexibility index (Phi) is 3.79. The van der Waals surface area contributed by atoms with E-state index in [-0.39, 0.29) is 0 Å². The second-order valence-corrected chi connectivity index (χ2v) is 5.40. The molecule has 2 N–H and O–H groups in total. The first-order valence-corrected chi connectivity index (χ1v) is 6.77. The third-order valence-electron chi connectivity index (χ3n) is 2.56. The van der Waals surface area contributed by atoms with Crippen LogP contribution in [0, 0.1) is 0 Å². The Morgan fingerprint density at radius 3 is 2.50 bits per heavy atom. The molecule has 0 saturated heterocycles. The van der Waals surface area contributed by atoms with Gasteiger partial charge in [-0.15, -0.1) is 0 Å². The molecular weight excluding hydrogens is 327 g/mol. The second-order valence-electron chi connectivity index (χ2n) is 3.77. The van der Waals surface area contributed by atoms with Crippen LogP contribution in [-0.4, -0.2) is 0 Å². The Morgan fingerprint density at radius 2 is 1.94 bits per heavy atom. The van der Waals surface area contributed by atoms with Crippen LogP contribution >= 0.6 is 27.3 Å². The van der Waals surface area contributed by atoms with Crippen LogP contribution in [0.4, 0.5) is 13.2 Å². The number of hydrogen-bond donors (Lipinski definition) is 1. The monoisotopic (exact) mass is 335 g/mol. The van der Waals surface area contributed by atoms with Gasteiger partial charge in [-0.25, -0.2) is 0 Å². The first kappa shape index (κ1) is 13.6. The molecule has 0 aliphatic rings. The topological polar surface area (TPSA) is 26.0 Å². The maximum atomic E-state index is 12.7. The van der Waals surface area contributed by atoms with Crippen molar-refractivity contribution in [2.45, 2.75) is 12.2 Å². The van der Waals surface area contributed by atoms with Gasteiger partial charge in [0.25, 0.3) is 0 Å². The van der Waals surface area contributed by atoms with E-state index in [0.717, 1.165) is 17.7 Å². The van der Waals surface area contributed by atoms with Gasteiger partial charge in [0.15, 0.2) is 0 Å². The lowest BCUT2D eigenvalue weighted by Crippen LogP contribution is -2.14. The average molecular weight is 336 g/mol. The van der Waals surface area contributed by atoms with E-state index in [2.05, 4.69) is 15.9 Å². The lowest BCUT2D eigenvalue weighted by atomic mass is 10.00. The molecule has 2 rings (SSSR count). The molecule has 0 aliphatic heterocycles. The largest absolute Gasteiger partial charge is 0.416 e. The fourth-order valence-electron chi connectivity index (χ4n) is 1.59. The van der Waals surface area contributed by atoms with Gasteiger partial charge < -0.3 is 5.73 Å². The van der Waals surface area contributed by atoms with Crippen LogP contribution in [0.5, 0.6) is 0 Å². The van der Waals surface area contributed by atoms with Gasteiger partial charge in [0.05, 0.1) is 11.6 Å². The van der Waals surface area contributed by atoms with Crippen LogP contribution in [0.25, 0.3) is 0 Å². The van der Waals surface area contributed by atoms with Crippen LogP contribution in [0.15, 0.2) is 39.5 Å². The molecule has 0 amide bonds. The number of thiophene rings is 1. The standard InChI is InChI=1S/C12H9BrF3NS/c13-10-2-1-8(12(14,15)16)5-9(10)11(17)7-3-4-18-6-7/h1-6,11H,17H2. The summed E-state index contributed by atoms with van der Waals surface area (Å²) in [4.78, 5) is 0. The van der Waals surface area contributed by atoms with Gasteiger partial charge in [0, 0.05) is 4.47 Å². The minimum absolute atomic E-state index is 0.434. The van der Waals surface area contributed by atoms with Gasteiger partial charge in [0.1, 0.15) is 0 Å². The highest BCUT2D eigenvalue weighted by atomic mass is 79.9. The third-order valence-corrected chi connectivity index (χ3v) is 3.98. The Bertz CT molecular complexity index is 537. The summed E-state index contributed by atoms with van der Waals surface area (Å²) in [6.07, 6.45) is -4.36. The van der Waals surface area contributed by atoms with E-state index >= 15 is 0 Å². The van der Waals surface area contributed by atoms with Gasteiger partial charge in [0.2, 0.25) is 0 Å². The van der Waals surface area contributed by atoms with Crippen molar-refractivity contribution >= 4 is 27.3 Å². The minimum Gasteiger partial charge on any atom is -0.320 e. The predicted molar refractivity (Wildman–Crippen MR) is 69.5 cm³/mol. The van der Waals surface area contributed by atoms with E-state index in [9.17, 15) is 13.2 Å². The molecule has 1 nitrogen and oxygen atoms in total. The van der Waals surface area contributed by atoms with Gasteiger partial charge in [-0.1, -0.05) is 15.9 Å². The fourth-order valence-corrected chi connectivity index (χ4v) is 2.78. The lowest BCUT2D eigenvalue weighted by molar-refractivity contribution is -0.137. The van der Waals surface area contributed by atoms with Gasteiger partial charge in [-0.2, -0.15) is 24.5 Å². The van der Waals surface area contributed by atoms with E-state index < -0.39 is 17.8 Å². The molecule has 1 aromatic heterocycles. The van der Waals surface area contributed by atoms with Gasteiger partial charge in [-0.05, 0) is 46.2 Å². The maximum absolute atomic E-state index is 12.7. The zero-order valence-electron chi connectivity index (χ0n) is 9.04. The molecule has 1 unspecified atom stereocenters. The Hall–Kier alpha value is -0.850. The molecule has 1 aromatic carbocycles. The molecule has 96 valence electrons. The third kappa shape index (κ3) is 2.76. The number of benzene rings is 1. The number of rotatable bonds is 2. The van der Waals surface area contributed by atoms with Crippen LogP contribution in [-0.2, 0) is 6.18 Å². The first-order valence-electron chi connectivity index (χ1n) is 5.04. The lowest BCUT2D eigenvalue weighted by Gasteiger charge is -2.15. The molecule has 1 heterocycles. The summed E-state index contributed by atoms with van der Waals surface area (Å²) in [5.74, 6) is 0. The minimum atomic E-state index is -4.36. The van der Waals surface area contributed by atoms with E-state index in [1.165, 1.54) is 17.4 Å². The number of hydrogen-bond acceptors (Lipinski definition) is 2. The van der Waals surface area contributed by atoms with Crippen molar-refractivity contribution in [2.75, 3.05) is 0 Å².